The van der Waals surface area contributed by atoms with Crippen molar-refractivity contribution in [1.82, 2.24) is 0 Å². The van der Waals surface area contributed by atoms with Crippen molar-refractivity contribution >= 4 is 23.4 Å². The third-order valence-corrected chi connectivity index (χ3v) is 4.16. The fourth-order valence-corrected chi connectivity index (χ4v) is 3.23. The average Bonchev–Trinajstić information content (AvgIpc) is 3.07. The first-order chi connectivity index (χ1) is 9.29. The van der Waals surface area contributed by atoms with Gasteiger partial charge in [0.1, 0.15) is 16.9 Å². The number of hydrogen-bond donors (Lipinski definition) is 0. The molecule has 1 atom stereocenters. The number of methoxy groups -OCH3 is 1. The molecule has 19 heavy (non-hydrogen) atoms. The van der Waals surface area contributed by atoms with Crippen LogP contribution in [0.4, 0.5) is 5.69 Å². The van der Waals surface area contributed by atoms with E-state index in [1.54, 1.807) is 30.0 Å². The van der Waals surface area contributed by atoms with Crippen molar-refractivity contribution in [2.24, 2.45) is 0 Å². The van der Waals surface area contributed by atoms with Gasteiger partial charge in [0.25, 0.3) is 0 Å². The van der Waals surface area contributed by atoms with E-state index in [-0.39, 0.29) is 11.3 Å². The third-order valence-electron chi connectivity index (χ3n) is 2.99. The molecule has 1 aliphatic heterocycles. The van der Waals surface area contributed by atoms with Crippen molar-refractivity contribution in [3.05, 3.63) is 48.4 Å². The summed E-state index contributed by atoms with van der Waals surface area (Å²) in [5, 5.41) is -0.102. The van der Waals surface area contributed by atoms with Crippen LogP contribution in [0.25, 0.3) is 0 Å². The molecule has 2 aromatic rings. The van der Waals surface area contributed by atoms with Crippen molar-refractivity contribution in [1.29, 1.82) is 0 Å². The van der Waals surface area contributed by atoms with Gasteiger partial charge in [0, 0.05) is 11.8 Å². The number of ether oxygens (including phenoxy) is 1. The minimum Gasteiger partial charge on any atom is -0.497 e. The predicted octanol–water partition coefficient (Wildman–Crippen LogP) is 3.07. The topological polar surface area (TPSA) is 42.7 Å². The highest BCUT2D eigenvalue weighted by atomic mass is 32.2. The Morgan fingerprint density at radius 2 is 2.26 bits per heavy atom. The molecule has 0 spiro atoms. The number of carbonyl (C=O) groups is 1. The summed E-state index contributed by atoms with van der Waals surface area (Å²) in [6.07, 6.45) is 1.63. The number of amides is 1. The van der Waals surface area contributed by atoms with Crippen molar-refractivity contribution in [3.8, 4) is 5.75 Å². The smallest absolute Gasteiger partial charge is 0.238 e. The molecule has 0 radical (unpaired) electrons. The Morgan fingerprint density at radius 3 is 3.00 bits per heavy atom. The molecule has 1 unspecified atom stereocenters. The molecule has 0 saturated carbocycles. The van der Waals surface area contributed by atoms with E-state index in [1.807, 2.05) is 36.4 Å². The van der Waals surface area contributed by atoms with Crippen LogP contribution in [0, 0.1) is 0 Å². The molecular formula is C14H13NO3S. The van der Waals surface area contributed by atoms with Crippen LogP contribution in [0.15, 0.2) is 47.1 Å². The number of benzene rings is 1. The second kappa shape index (κ2) is 5.01. The molecule has 98 valence electrons. The van der Waals surface area contributed by atoms with Crippen LogP contribution >= 0.6 is 11.8 Å². The van der Waals surface area contributed by atoms with E-state index in [4.69, 9.17) is 9.15 Å². The lowest BCUT2D eigenvalue weighted by Gasteiger charge is -2.22. The van der Waals surface area contributed by atoms with Gasteiger partial charge in [-0.3, -0.25) is 9.69 Å². The number of nitrogens with zero attached hydrogens (tertiary/aromatic N) is 1. The van der Waals surface area contributed by atoms with Gasteiger partial charge in [0.2, 0.25) is 5.91 Å². The fourth-order valence-electron chi connectivity index (χ4n) is 2.11. The van der Waals surface area contributed by atoms with Gasteiger partial charge in [-0.25, -0.2) is 0 Å². The van der Waals surface area contributed by atoms with Crippen LogP contribution in [0.5, 0.6) is 5.75 Å². The Labute approximate surface area is 115 Å². The first-order valence-corrected chi connectivity index (χ1v) is 6.95. The van der Waals surface area contributed by atoms with Crippen LogP contribution in [0.1, 0.15) is 11.1 Å². The monoisotopic (exact) mass is 275 g/mol. The Kier molecular flexibility index (Phi) is 3.21. The molecular weight excluding hydrogens is 262 g/mol. The summed E-state index contributed by atoms with van der Waals surface area (Å²) in [6.45, 7) is 0. The van der Waals surface area contributed by atoms with E-state index in [0.29, 0.717) is 5.75 Å². The summed E-state index contributed by atoms with van der Waals surface area (Å²) in [5.74, 6) is 2.07. The molecule has 0 N–H and O–H groups in total. The molecule has 0 aliphatic carbocycles. The Bertz CT molecular complexity index is 582. The molecule has 1 aliphatic rings. The van der Waals surface area contributed by atoms with E-state index in [1.165, 1.54) is 0 Å². The van der Waals surface area contributed by atoms with E-state index in [2.05, 4.69) is 0 Å². The maximum atomic E-state index is 12.1. The van der Waals surface area contributed by atoms with Crippen molar-refractivity contribution in [2.45, 2.75) is 5.37 Å². The van der Waals surface area contributed by atoms with E-state index in [0.717, 1.165) is 17.2 Å². The summed E-state index contributed by atoms with van der Waals surface area (Å²) < 4.78 is 10.6. The molecule has 5 heteroatoms. The minimum absolute atomic E-state index is 0.0830. The number of anilines is 1. The SMILES string of the molecule is COc1cccc(N2C(=O)CSC2c2ccco2)c1. The number of carbonyl (C=O) groups excluding carboxylic acids is 1. The third kappa shape index (κ3) is 2.21. The van der Waals surface area contributed by atoms with E-state index < -0.39 is 0 Å². The highest BCUT2D eigenvalue weighted by Gasteiger charge is 2.35. The van der Waals surface area contributed by atoms with E-state index >= 15 is 0 Å². The maximum Gasteiger partial charge on any atom is 0.238 e. The van der Waals surface area contributed by atoms with Gasteiger partial charge < -0.3 is 9.15 Å². The van der Waals surface area contributed by atoms with Gasteiger partial charge in [0.15, 0.2) is 0 Å². The van der Waals surface area contributed by atoms with Gasteiger partial charge in [-0.2, -0.15) is 0 Å². The largest absolute Gasteiger partial charge is 0.497 e. The zero-order chi connectivity index (χ0) is 13.2. The predicted molar refractivity (Wildman–Crippen MR) is 74.4 cm³/mol. The second-order valence-corrected chi connectivity index (χ2v) is 5.21. The highest BCUT2D eigenvalue weighted by molar-refractivity contribution is 8.00. The van der Waals surface area contributed by atoms with Crippen LogP contribution in [-0.4, -0.2) is 18.8 Å². The lowest BCUT2D eigenvalue weighted by Crippen LogP contribution is -2.27. The molecule has 2 heterocycles. The standard InChI is InChI=1S/C14H13NO3S/c1-17-11-5-2-4-10(8-11)15-13(16)9-19-14(15)12-6-3-7-18-12/h2-8,14H,9H2,1H3. The number of rotatable bonds is 3. The number of hydrogen-bond acceptors (Lipinski definition) is 4. The Hall–Kier alpha value is -1.88. The summed E-state index contributed by atoms with van der Waals surface area (Å²) in [4.78, 5) is 13.9. The zero-order valence-electron chi connectivity index (χ0n) is 10.4. The number of furan rings is 1. The summed E-state index contributed by atoms with van der Waals surface area (Å²) in [7, 11) is 1.61. The zero-order valence-corrected chi connectivity index (χ0v) is 11.2. The van der Waals surface area contributed by atoms with Gasteiger partial charge in [-0.05, 0) is 24.3 Å². The van der Waals surface area contributed by atoms with Gasteiger partial charge in [0.05, 0.1) is 19.1 Å². The van der Waals surface area contributed by atoms with E-state index in [9.17, 15) is 4.79 Å². The molecule has 0 bridgehead atoms. The molecule has 1 aromatic carbocycles. The maximum absolute atomic E-state index is 12.1. The summed E-state index contributed by atoms with van der Waals surface area (Å²) >= 11 is 1.57. The summed E-state index contributed by atoms with van der Waals surface area (Å²) in [5.41, 5.74) is 0.829. The quantitative estimate of drug-likeness (QED) is 0.863. The molecule has 3 rings (SSSR count). The minimum atomic E-state index is -0.102. The molecule has 1 fully saturated rings. The average molecular weight is 275 g/mol. The Morgan fingerprint density at radius 1 is 1.37 bits per heavy atom. The highest BCUT2D eigenvalue weighted by Crippen LogP contribution is 2.42. The van der Waals surface area contributed by atoms with Crippen LogP contribution in [-0.2, 0) is 4.79 Å². The molecule has 4 nitrogen and oxygen atoms in total. The van der Waals surface area contributed by atoms with Crippen molar-refractivity contribution in [2.75, 3.05) is 17.8 Å². The first kappa shape index (κ1) is 12.2. The Balaban J connectivity index is 1.98. The van der Waals surface area contributed by atoms with Gasteiger partial charge in [-0.15, -0.1) is 11.8 Å². The molecule has 1 aromatic heterocycles. The number of thioether (sulfide) groups is 1. The van der Waals surface area contributed by atoms with Gasteiger partial charge in [-0.1, -0.05) is 6.07 Å². The first-order valence-electron chi connectivity index (χ1n) is 5.91. The van der Waals surface area contributed by atoms with Crippen LogP contribution in [0.3, 0.4) is 0 Å². The van der Waals surface area contributed by atoms with Crippen LogP contribution < -0.4 is 9.64 Å². The normalized spacial score (nSPS) is 18.9. The van der Waals surface area contributed by atoms with Crippen molar-refractivity contribution in [3.63, 3.8) is 0 Å². The van der Waals surface area contributed by atoms with Gasteiger partial charge >= 0.3 is 0 Å². The molecule has 1 amide bonds. The van der Waals surface area contributed by atoms with Crippen molar-refractivity contribution < 1.29 is 13.9 Å². The fraction of sp³-hybridized carbons (Fsp3) is 0.214. The second-order valence-electron chi connectivity index (χ2n) is 4.14. The lowest BCUT2D eigenvalue weighted by molar-refractivity contribution is -0.115. The summed E-state index contributed by atoms with van der Waals surface area (Å²) in [6, 6.07) is 11.2. The van der Waals surface area contributed by atoms with Crippen LogP contribution in [0.2, 0.25) is 0 Å². The molecule has 1 saturated heterocycles. The lowest BCUT2D eigenvalue weighted by atomic mass is 10.2.